The summed E-state index contributed by atoms with van der Waals surface area (Å²) in [6, 6.07) is 17.7. The number of carbonyl (C=O) groups excluding carboxylic acids is 1. The minimum Gasteiger partial charge on any atom is -0.322 e. The van der Waals surface area contributed by atoms with Crippen LogP contribution >= 0.6 is 0 Å². The van der Waals surface area contributed by atoms with Crippen molar-refractivity contribution in [1.29, 1.82) is 0 Å². The molecule has 0 unspecified atom stereocenters. The second-order valence-electron chi connectivity index (χ2n) is 6.40. The fraction of sp³-hybridized carbons (Fsp3) is 0.350. The normalized spacial score (nSPS) is 21.3. The molecule has 3 rings (SSSR count). The van der Waals surface area contributed by atoms with E-state index in [1.807, 2.05) is 42.5 Å². The van der Waals surface area contributed by atoms with Crippen LogP contribution in [0.2, 0.25) is 0 Å². The molecule has 0 atom stereocenters. The first-order valence-electron chi connectivity index (χ1n) is 8.19. The summed E-state index contributed by atoms with van der Waals surface area (Å²) in [5.74, 6) is 1.49. The van der Waals surface area contributed by atoms with Crippen molar-refractivity contribution in [1.82, 2.24) is 0 Å². The molecule has 2 nitrogen and oxygen atoms in total. The molecule has 1 fully saturated rings. The van der Waals surface area contributed by atoms with E-state index in [1.54, 1.807) is 0 Å². The standard InChI is InChI=1S/C20H23NO/c1-15-7-9-16(10-8-15)17-11-13-18(14-12-17)20(22)21-19-5-3-2-4-6-19/h2-6,11-16H,7-10H2,1H3,(H,21,22). The van der Waals surface area contributed by atoms with Gasteiger partial charge in [-0.05, 0) is 54.5 Å². The van der Waals surface area contributed by atoms with Crippen LogP contribution in [0.25, 0.3) is 0 Å². The Balaban J connectivity index is 1.65. The van der Waals surface area contributed by atoms with Crippen molar-refractivity contribution in [2.24, 2.45) is 5.92 Å². The molecule has 22 heavy (non-hydrogen) atoms. The first-order valence-corrected chi connectivity index (χ1v) is 8.19. The lowest BCUT2D eigenvalue weighted by Gasteiger charge is -2.26. The van der Waals surface area contributed by atoms with E-state index in [0.717, 1.165) is 17.2 Å². The topological polar surface area (TPSA) is 29.1 Å². The predicted octanol–water partition coefficient (Wildman–Crippen LogP) is 5.23. The lowest BCUT2D eigenvalue weighted by atomic mass is 9.79. The largest absolute Gasteiger partial charge is 0.322 e. The van der Waals surface area contributed by atoms with Crippen LogP contribution < -0.4 is 5.32 Å². The van der Waals surface area contributed by atoms with Crippen molar-refractivity contribution in [3.63, 3.8) is 0 Å². The zero-order chi connectivity index (χ0) is 15.4. The van der Waals surface area contributed by atoms with E-state index in [4.69, 9.17) is 0 Å². The molecule has 0 aromatic heterocycles. The van der Waals surface area contributed by atoms with Crippen LogP contribution in [-0.2, 0) is 0 Å². The molecular weight excluding hydrogens is 270 g/mol. The van der Waals surface area contributed by atoms with Gasteiger partial charge in [-0.25, -0.2) is 0 Å². The molecule has 0 heterocycles. The lowest BCUT2D eigenvalue weighted by molar-refractivity contribution is 0.102. The molecule has 1 saturated carbocycles. The zero-order valence-electron chi connectivity index (χ0n) is 13.1. The second-order valence-corrected chi connectivity index (χ2v) is 6.40. The maximum atomic E-state index is 12.2. The number of nitrogens with one attached hydrogen (secondary N) is 1. The third-order valence-corrected chi connectivity index (χ3v) is 4.69. The van der Waals surface area contributed by atoms with Crippen LogP contribution in [0.5, 0.6) is 0 Å². The highest BCUT2D eigenvalue weighted by Gasteiger charge is 2.19. The van der Waals surface area contributed by atoms with Gasteiger partial charge in [-0.2, -0.15) is 0 Å². The number of anilines is 1. The number of para-hydroxylation sites is 1. The fourth-order valence-electron chi connectivity index (χ4n) is 3.22. The Bertz CT molecular complexity index is 610. The third kappa shape index (κ3) is 3.56. The highest BCUT2D eigenvalue weighted by atomic mass is 16.1. The van der Waals surface area contributed by atoms with Crippen LogP contribution in [0.4, 0.5) is 5.69 Å². The molecule has 0 radical (unpaired) electrons. The summed E-state index contributed by atoms with van der Waals surface area (Å²) >= 11 is 0. The molecule has 1 N–H and O–H groups in total. The first kappa shape index (κ1) is 14.8. The van der Waals surface area contributed by atoms with Crippen molar-refractivity contribution in [2.45, 2.75) is 38.5 Å². The molecule has 2 aromatic carbocycles. The van der Waals surface area contributed by atoms with Gasteiger partial charge in [-0.1, -0.05) is 50.1 Å². The summed E-state index contributed by atoms with van der Waals surface area (Å²) in [5.41, 5.74) is 2.93. The molecule has 1 aliphatic carbocycles. The molecular formula is C20H23NO. The van der Waals surface area contributed by atoms with Crippen LogP contribution in [0, 0.1) is 5.92 Å². The van der Waals surface area contributed by atoms with E-state index in [1.165, 1.54) is 31.2 Å². The molecule has 1 aliphatic rings. The average molecular weight is 293 g/mol. The molecule has 0 bridgehead atoms. The Kier molecular flexibility index (Phi) is 4.57. The van der Waals surface area contributed by atoms with Gasteiger partial charge >= 0.3 is 0 Å². The summed E-state index contributed by atoms with van der Waals surface area (Å²) in [7, 11) is 0. The number of amides is 1. The van der Waals surface area contributed by atoms with Gasteiger partial charge in [0.25, 0.3) is 5.91 Å². The molecule has 114 valence electrons. The van der Waals surface area contributed by atoms with E-state index in [-0.39, 0.29) is 5.91 Å². The van der Waals surface area contributed by atoms with E-state index in [0.29, 0.717) is 5.92 Å². The third-order valence-electron chi connectivity index (χ3n) is 4.69. The maximum absolute atomic E-state index is 12.2. The average Bonchev–Trinajstić information content (AvgIpc) is 2.57. The summed E-state index contributed by atoms with van der Waals surface area (Å²) < 4.78 is 0. The van der Waals surface area contributed by atoms with Crippen molar-refractivity contribution < 1.29 is 4.79 Å². The minimum atomic E-state index is -0.0463. The highest BCUT2D eigenvalue weighted by molar-refractivity contribution is 6.04. The fourth-order valence-corrected chi connectivity index (χ4v) is 3.22. The van der Waals surface area contributed by atoms with Crippen molar-refractivity contribution >= 4 is 11.6 Å². The molecule has 2 heteroatoms. The lowest BCUT2D eigenvalue weighted by Crippen LogP contribution is -2.13. The van der Waals surface area contributed by atoms with Gasteiger partial charge in [0.2, 0.25) is 0 Å². The summed E-state index contributed by atoms with van der Waals surface area (Å²) in [6.07, 6.45) is 5.19. The smallest absolute Gasteiger partial charge is 0.255 e. The van der Waals surface area contributed by atoms with Crippen molar-refractivity contribution in [3.05, 3.63) is 65.7 Å². The number of carbonyl (C=O) groups is 1. The highest BCUT2D eigenvalue weighted by Crippen LogP contribution is 2.35. The van der Waals surface area contributed by atoms with Gasteiger partial charge in [0.15, 0.2) is 0 Å². The first-order chi connectivity index (χ1) is 10.7. The molecule has 0 spiro atoms. The van der Waals surface area contributed by atoms with Crippen LogP contribution in [0.3, 0.4) is 0 Å². The number of hydrogen-bond donors (Lipinski definition) is 1. The molecule has 1 amide bonds. The van der Waals surface area contributed by atoms with E-state index in [2.05, 4.69) is 24.4 Å². The van der Waals surface area contributed by atoms with Crippen molar-refractivity contribution in [3.8, 4) is 0 Å². The second kappa shape index (κ2) is 6.78. The van der Waals surface area contributed by atoms with Gasteiger partial charge in [0.1, 0.15) is 0 Å². The predicted molar refractivity (Wildman–Crippen MR) is 91.2 cm³/mol. The van der Waals surface area contributed by atoms with Gasteiger partial charge < -0.3 is 5.32 Å². The monoisotopic (exact) mass is 293 g/mol. The minimum absolute atomic E-state index is 0.0463. The molecule has 0 aliphatic heterocycles. The molecule has 2 aromatic rings. The van der Waals surface area contributed by atoms with E-state index < -0.39 is 0 Å². The Morgan fingerprint density at radius 3 is 2.18 bits per heavy atom. The number of rotatable bonds is 3. The summed E-state index contributed by atoms with van der Waals surface area (Å²) in [5, 5.41) is 2.92. The Morgan fingerprint density at radius 1 is 0.909 bits per heavy atom. The van der Waals surface area contributed by atoms with Crippen LogP contribution in [0.1, 0.15) is 54.4 Å². The van der Waals surface area contributed by atoms with Crippen LogP contribution in [-0.4, -0.2) is 5.91 Å². The SMILES string of the molecule is CC1CCC(c2ccc(C(=O)Nc3ccccc3)cc2)CC1. The van der Waals surface area contributed by atoms with Gasteiger partial charge in [0.05, 0.1) is 0 Å². The van der Waals surface area contributed by atoms with Gasteiger partial charge in [-0.15, -0.1) is 0 Å². The summed E-state index contributed by atoms with van der Waals surface area (Å²) in [6.45, 7) is 2.34. The van der Waals surface area contributed by atoms with Gasteiger partial charge in [-0.3, -0.25) is 4.79 Å². The zero-order valence-corrected chi connectivity index (χ0v) is 13.1. The van der Waals surface area contributed by atoms with Crippen molar-refractivity contribution in [2.75, 3.05) is 5.32 Å². The Hall–Kier alpha value is -2.09. The summed E-state index contributed by atoms with van der Waals surface area (Å²) in [4.78, 5) is 12.2. The quantitative estimate of drug-likeness (QED) is 0.824. The van der Waals surface area contributed by atoms with E-state index >= 15 is 0 Å². The number of benzene rings is 2. The Morgan fingerprint density at radius 2 is 1.55 bits per heavy atom. The van der Waals surface area contributed by atoms with Crippen LogP contribution in [0.15, 0.2) is 54.6 Å². The van der Waals surface area contributed by atoms with Gasteiger partial charge in [0, 0.05) is 11.3 Å². The number of hydrogen-bond acceptors (Lipinski definition) is 1. The Labute approximate surface area is 132 Å². The maximum Gasteiger partial charge on any atom is 0.255 e. The van der Waals surface area contributed by atoms with E-state index in [9.17, 15) is 4.79 Å². The molecule has 0 saturated heterocycles.